The van der Waals surface area contributed by atoms with Crippen molar-refractivity contribution in [3.8, 4) is 0 Å². The van der Waals surface area contributed by atoms with Gasteiger partial charge >= 0.3 is 0 Å². The van der Waals surface area contributed by atoms with Crippen LogP contribution in [0.4, 0.5) is 4.39 Å². The second-order valence-electron chi connectivity index (χ2n) is 2.79. The smallest absolute Gasteiger partial charge is 0.141 e. The number of halogens is 1. The van der Waals surface area contributed by atoms with E-state index in [0.717, 1.165) is 18.7 Å². The number of nitrogens with zero attached hydrogens (tertiary/aromatic N) is 1. The molecule has 13 heavy (non-hydrogen) atoms. The molecule has 3 N–H and O–H groups in total. The Hall–Kier alpha value is -1.00. The van der Waals surface area contributed by atoms with Crippen LogP contribution >= 0.6 is 0 Å². The van der Waals surface area contributed by atoms with Gasteiger partial charge in [0.25, 0.3) is 0 Å². The van der Waals surface area contributed by atoms with E-state index in [1.54, 1.807) is 6.07 Å². The molecule has 0 fully saturated rings. The molecule has 0 atom stereocenters. The van der Waals surface area contributed by atoms with Gasteiger partial charge in [0.1, 0.15) is 5.82 Å². The molecule has 1 heterocycles. The van der Waals surface area contributed by atoms with Crippen LogP contribution in [0.25, 0.3) is 0 Å². The van der Waals surface area contributed by atoms with Crippen LogP contribution in [-0.2, 0) is 6.54 Å². The lowest BCUT2D eigenvalue weighted by molar-refractivity contribution is 0.611. The molecule has 0 spiro atoms. The molecule has 0 unspecified atom stereocenters. The van der Waals surface area contributed by atoms with Crippen LogP contribution in [0.5, 0.6) is 0 Å². The number of hydrogen-bond donors (Lipinski definition) is 2. The van der Waals surface area contributed by atoms with Crippen molar-refractivity contribution >= 4 is 0 Å². The fourth-order valence-corrected chi connectivity index (χ4v) is 0.955. The zero-order chi connectivity index (χ0) is 9.52. The van der Waals surface area contributed by atoms with Crippen molar-refractivity contribution in [1.29, 1.82) is 0 Å². The van der Waals surface area contributed by atoms with Gasteiger partial charge in [-0.1, -0.05) is 0 Å². The second kappa shape index (κ2) is 5.61. The summed E-state index contributed by atoms with van der Waals surface area (Å²) >= 11 is 0. The van der Waals surface area contributed by atoms with Crippen LogP contribution in [-0.4, -0.2) is 18.1 Å². The Bertz CT molecular complexity index is 235. The fourth-order valence-electron chi connectivity index (χ4n) is 0.955. The van der Waals surface area contributed by atoms with E-state index in [2.05, 4.69) is 10.3 Å². The Balaban J connectivity index is 2.25. The highest BCUT2D eigenvalue weighted by atomic mass is 19.1. The van der Waals surface area contributed by atoms with E-state index in [-0.39, 0.29) is 5.82 Å². The summed E-state index contributed by atoms with van der Waals surface area (Å²) in [4.78, 5) is 3.91. The maximum absolute atomic E-state index is 12.4. The molecule has 0 saturated carbocycles. The normalized spacial score (nSPS) is 10.3. The van der Waals surface area contributed by atoms with Gasteiger partial charge < -0.3 is 11.1 Å². The van der Waals surface area contributed by atoms with Crippen LogP contribution in [0.1, 0.15) is 12.1 Å². The molecular weight excluding hydrogens is 169 g/mol. The number of nitrogens with one attached hydrogen (secondary N) is 1. The highest BCUT2D eigenvalue weighted by Crippen LogP contribution is 1.97. The Morgan fingerprint density at radius 2 is 2.31 bits per heavy atom. The zero-order valence-corrected chi connectivity index (χ0v) is 7.46. The Kier molecular flexibility index (Phi) is 4.35. The van der Waals surface area contributed by atoms with Gasteiger partial charge in [0, 0.05) is 6.54 Å². The van der Waals surface area contributed by atoms with E-state index < -0.39 is 0 Å². The number of pyridine rings is 1. The molecule has 0 saturated heterocycles. The first kappa shape index (κ1) is 10.1. The first-order chi connectivity index (χ1) is 6.33. The highest BCUT2D eigenvalue weighted by molar-refractivity contribution is 5.04. The van der Waals surface area contributed by atoms with Crippen LogP contribution in [0.2, 0.25) is 0 Å². The minimum atomic E-state index is -0.300. The largest absolute Gasteiger partial charge is 0.330 e. The molecule has 0 aliphatic carbocycles. The topological polar surface area (TPSA) is 50.9 Å². The second-order valence-corrected chi connectivity index (χ2v) is 2.79. The van der Waals surface area contributed by atoms with Gasteiger partial charge in [0.05, 0.1) is 11.9 Å². The summed E-state index contributed by atoms with van der Waals surface area (Å²) in [6, 6.07) is 3.08. The summed E-state index contributed by atoms with van der Waals surface area (Å²) in [6.45, 7) is 2.22. The van der Waals surface area contributed by atoms with E-state index >= 15 is 0 Å². The summed E-state index contributed by atoms with van der Waals surface area (Å²) in [5.41, 5.74) is 6.17. The molecule has 4 heteroatoms. The molecule has 1 rings (SSSR count). The summed E-state index contributed by atoms with van der Waals surface area (Å²) in [5.74, 6) is -0.300. The van der Waals surface area contributed by atoms with Crippen molar-refractivity contribution in [1.82, 2.24) is 10.3 Å². The van der Waals surface area contributed by atoms with E-state index in [1.807, 2.05) is 0 Å². The van der Waals surface area contributed by atoms with Crippen LogP contribution < -0.4 is 11.1 Å². The molecule has 0 aromatic carbocycles. The SMILES string of the molecule is NCCCNCc1ccc(F)cn1. The van der Waals surface area contributed by atoms with Gasteiger partial charge in [-0.3, -0.25) is 4.98 Å². The van der Waals surface area contributed by atoms with Crippen molar-refractivity contribution in [2.45, 2.75) is 13.0 Å². The zero-order valence-electron chi connectivity index (χ0n) is 7.46. The minimum Gasteiger partial charge on any atom is -0.330 e. The van der Waals surface area contributed by atoms with Gasteiger partial charge in [0.15, 0.2) is 0 Å². The molecule has 0 aliphatic heterocycles. The maximum atomic E-state index is 12.4. The predicted molar refractivity (Wildman–Crippen MR) is 49.6 cm³/mol. The lowest BCUT2D eigenvalue weighted by Gasteiger charge is -2.02. The molecule has 72 valence electrons. The van der Waals surface area contributed by atoms with E-state index in [9.17, 15) is 4.39 Å². The lowest BCUT2D eigenvalue weighted by atomic mass is 10.3. The standard InChI is InChI=1S/C9H14FN3/c10-8-2-3-9(13-6-8)7-12-5-1-4-11/h2-3,6,12H,1,4-5,7,11H2. The first-order valence-corrected chi connectivity index (χ1v) is 4.34. The third-order valence-electron chi connectivity index (χ3n) is 1.65. The van der Waals surface area contributed by atoms with Crippen LogP contribution in [0, 0.1) is 5.82 Å². The monoisotopic (exact) mass is 183 g/mol. The number of nitrogens with two attached hydrogens (primary N) is 1. The summed E-state index contributed by atoms with van der Waals surface area (Å²) in [6.07, 6.45) is 2.17. The van der Waals surface area contributed by atoms with Crippen molar-refractivity contribution in [2.24, 2.45) is 5.73 Å². The van der Waals surface area contributed by atoms with Gasteiger partial charge in [-0.25, -0.2) is 4.39 Å². The third-order valence-corrected chi connectivity index (χ3v) is 1.65. The van der Waals surface area contributed by atoms with E-state index in [1.165, 1.54) is 12.3 Å². The average molecular weight is 183 g/mol. The summed E-state index contributed by atoms with van der Waals surface area (Å²) < 4.78 is 12.4. The van der Waals surface area contributed by atoms with Crippen LogP contribution in [0.15, 0.2) is 18.3 Å². The van der Waals surface area contributed by atoms with Gasteiger partial charge in [-0.2, -0.15) is 0 Å². The fraction of sp³-hybridized carbons (Fsp3) is 0.444. The molecule has 3 nitrogen and oxygen atoms in total. The third kappa shape index (κ3) is 3.96. The van der Waals surface area contributed by atoms with Crippen molar-refractivity contribution in [2.75, 3.05) is 13.1 Å². The first-order valence-electron chi connectivity index (χ1n) is 4.34. The number of hydrogen-bond acceptors (Lipinski definition) is 3. The Labute approximate surface area is 77.2 Å². The predicted octanol–water partition coefficient (Wildman–Crippen LogP) is 0.659. The summed E-state index contributed by atoms with van der Waals surface area (Å²) in [7, 11) is 0. The lowest BCUT2D eigenvalue weighted by Crippen LogP contribution is -2.18. The van der Waals surface area contributed by atoms with E-state index in [0.29, 0.717) is 13.1 Å². The summed E-state index contributed by atoms with van der Waals surface area (Å²) in [5, 5.41) is 3.16. The van der Waals surface area contributed by atoms with Crippen molar-refractivity contribution in [3.63, 3.8) is 0 Å². The molecular formula is C9H14FN3. The van der Waals surface area contributed by atoms with Gasteiger partial charge in [-0.15, -0.1) is 0 Å². The van der Waals surface area contributed by atoms with Crippen LogP contribution in [0.3, 0.4) is 0 Å². The average Bonchev–Trinajstić information content (AvgIpc) is 2.15. The Morgan fingerprint density at radius 3 is 2.92 bits per heavy atom. The Morgan fingerprint density at radius 1 is 1.46 bits per heavy atom. The molecule has 1 aromatic rings. The van der Waals surface area contributed by atoms with Crippen molar-refractivity contribution in [3.05, 3.63) is 29.8 Å². The molecule has 0 aliphatic rings. The minimum absolute atomic E-state index is 0.300. The van der Waals surface area contributed by atoms with E-state index in [4.69, 9.17) is 5.73 Å². The quantitative estimate of drug-likeness (QED) is 0.659. The number of rotatable bonds is 5. The van der Waals surface area contributed by atoms with Gasteiger partial charge in [0.2, 0.25) is 0 Å². The highest BCUT2D eigenvalue weighted by Gasteiger charge is 1.93. The maximum Gasteiger partial charge on any atom is 0.141 e. The molecule has 0 amide bonds. The van der Waals surface area contributed by atoms with Crippen molar-refractivity contribution < 1.29 is 4.39 Å². The van der Waals surface area contributed by atoms with Gasteiger partial charge in [-0.05, 0) is 31.6 Å². The molecule has 0 bridgehead atoms. The molecule has 0 radical (unpaired) electrons. The molecule has 1 aromatic heterocycles. The number of aromatic nitrogens is 1.